The normalized spacial score (nSPS) is 11.1. The van der Waals surface area contributed by atoms with Crippen molar-refractivity contribution >= 4 is 12.3 Å². The largest absolute Gasteiger partial charge is 0.491 e. The number of esters is 1. The van der Waals surface area contributed by atoms with Crippen LogP contribution in [0.3, 0.4) is 0 Å². The fourth-order valence-corrected chi connectivity index (χ4v) is 3.62. The number of rotatable bonds is 33. The average Bonchev–Trinajstić information content (AvgIpc) is 3.03. The molecular formula is C32H54O11. The van der Waals surface area contributed by atoms with Crippen LogP contribution in [-0.4, -0.2) is 118 Å². The fourth-order valence-electron chi connectivity index (χ4n) is 3.62. The molecule has 1 aromatic rings. The van der Waals surface area contributed by atoms with Gasteiger partial charge in [0.2, 0.25) is 0 Å². The van der Waals surface area contributed by atoms with Gasteiger partial charge in [0.1, 0.15) is 25.2 Å². The highest BCUT2D eigenvalue weighted by molar-refractivity contribution is 5.74. The molecule has 1 rings (SSSR count). The zero-order valence-corrected chi connectivity index (χ0v) is 26.1. The minimum absolute atomic E-state index is 0.146. The quantitative estimate of drug-likeness (QED) is 0.0641. The highest BCUT2D eigenvalue weighted by Crippen LogP contribution is 2.10. The fraction of sp³-hybridized carbons (Fsp3) is 0.750. The van der Waals surface area contributed by atoms with Crippen molar-refractivity contribution in [2.75, 3.05) is 106 Å². The Hall–Kier alpha value is -2.12. The second-order valence-corrected chi connectivity index (χ2v) is 9.56. The Bertz CT molecular complexity index is 745. The summed E-state index contributed by atoms with van der Waals surface area (Å²) >= 11 is 0. The van der Waals surface area contributed by atoms with Crippen LogP contribution in [0.4, 0.5) is 0 Å². The van der Waals surface area contributed by atoms with Gasteiger partial charge in [-0.1, -0.05) is 39.0 Å². The summed E-state index contributed by atoms with van der Waals surface area (Å²) < 4.78 is 48.9. The van der Waals surface area contributed by atoms with Gasteiger partial charge in [-0.3, -0.25) is 9.59 Å². The summed E-state index contributed by atoms with van der Waals surface area (Å²) in [4.78, 5) is 22.3. The van der Waals surface area contributed by atoms with Crippen LogP contribution in [0.15, 0.2) is 24.3 Å². The minimum Gasteiger partial charge on any atom is -0.491 e. The Morgan fingerprint density at radius 1 is 0.535 bits per heavy atom. The molecule has 0 saturated carbocycles. The summed E-state index contributed by atoms with van der Waals surface area (Å²) in [5, 5.41) is 0. The van der Waals surface area contributed by atoms with Crippen LogP contribution in [0.1, 0.15) is 62.2 Å². The van der Waals surface area contributed by atoms with Crippen LogP contribution in [-0.2, 0) is 42.7 Å². The molecule has 0 aliphatic carbocycles. The second-order valence-electron chi connectivity index (χ2n) is 9.56. The molecular weight excluding hydrogens is 560 g/mol. The van der Waals surface area contributed by atoms with Crippen LogP contribution in [0.5, 0.6) is 5.75 Å². The number of aldehydes is 1. The second kappa shape index (κ2) is 31.3. The first-order valence-electron chi connectivity index (χ1n) is 15.6. The lowest BCUT2D eigenvalue weighted by atomic mass is 10.1. The molecule has 0 bridgehead atoms. The van der Waals surface area contributed by atoms with Gasteiger partial charge in [0.15, 0.2) is 0 Å². The van der Waals surface area contributed by atoms with Crippen molar-refractivity contribution in [3.8, 4) is 5.75 Å². The van der Waals surface area contributed by atoms with E-state index in [1.54, 1.807) is 24.3 Å². The Kier molecular flexibility index (Phi) is 28.3. The number of carbonyl (C=O) groups is 2. The van der Waals surface area contributed by atoms with Gasteiger partial charge in [-0.05, 0) is 30.7 Å². The molecule has 11 nitrogen and oxygen atoms in total. The molecule has 0 radical (unpaired) electrons. The maximum Gasteiger partial charge on any atom is 0.305 e. The lowest BCUT2D eigenvalue weighted by molar-refractivity contribution is -0.145. The highest BCUT2D eigenvalue weighted by atomic mass is 16.6. The van der Waals surface area contributed by atoms with Gasteiger partial charge in [0, 0.05) is 12.0 Å². The standard InChI is InChI=1S/C32H54O11/c1-2-3-4-5-6-7-8-32(34)43-28-26-41-24-22-39-20-18-37-16-14-35-13-15-36-17-19-38-21-23-40-25-27-42-31-11-9-30(29-33)10-12-31/h9-12,29H,2-8,13-28H2,1H3. The van der Waals surface area contributed by atoms with Crippen molar-refractivity contribution < 1.29 is 52.2 Å². The number of carbonyl (C=O) groups excluding carboxylic acids is 2. The maximum absolute atomic E-state index is 11.6. The van der Waals surface area contributed by atoms with E-state index in [4.69, 9.17) is 42.6 Å². The number of hydrogen-bond donors (Lipinski definition) is 0. The number of unbranched alkanes of at least 4 members (excludes halogenated alkanes) is 5. The molecule has 11 heteroatoms. The molecule has 0 aliphatic rings. The molecule has 0 unspecified atom stereocenters. The minimum atomic E-state index is -0.146. The molecule has 0 saturated heterocycles. The Morgan fingerprint density at radius 2 is 0.930 bits per heavy atom. The lowest BCUT2D eigenvalue weighted by Gasteiger charge is -2.09. The molecule has 0 aliphatic heterocycles. The van der Waals surface area contributed by atoms with E-state index in [0.717, 1.165) is 19.1 Å². The zero-order chi connectivity index (χ0) is 30.9. The van der Waals surface area contributed by atoms with Crippen molar-refractivity contribution in [2.45, 2.75) is 51.9 Å². The monoisotopic (exact) mass is 614 g/mol. The Balaban J connectivity index is 1.67. The molecule has 1 aromatic carbocycles. The molecule has 0 N–H and O–H groups in total. The van der Waals surface area contributed by atoms with Gasteiger partial charge in [0.25, 0.3) is 0 Å². The zero-order valence-electron chi connectivity index (χ0n) is 26.1. The van der Waals surface area contributed by atoms with Crippen LogP contribution >= 0.6 is 0 Å². The predicted molar refractivity (Wildman–Crippen MR) is 162 cm³/mol. The Morgan fingerprint density at radius 3 is 1.37 bits per heavy atom. The Labute approximate surface area is 257 Å². The van der Waals surface area contributed by atoms with E-state index in [2.05, 4.69) is 6.92 Å². The van der Waals surface area contributed by atoms with E-state index < -0.39 is 0 Å². The number of ether oxygens (including phenoxy) is 9. The molecule has 0 fully saturated rings. The van der Waals surface area contributed by atoms with Gasteiger partial charge in [-0.25, -0.2) is 0 Å². The van der Waals surface area contributed by atoms with E-state index in [9.17, 15) is 9.59 Å². The topological polar surface area (TPSA) is 117 Å². The van der Waals surface area contributed by atoms with Crippen molar-refractivity contribution in [3.63, 3.8) is 0 Å². The molecule has 0 atom stereocenters. The summed E-state index contributed by atoms with van der Waals surface area (Å²) in [6.45, 7) is 9.55. The van der Waals surface area contributed by atoms with Gasteiger partial charge in [-0.2, -0.15) is 0 Å². The van der Waals surface area contributed by atoms with E-state index in [0.29, 0.717) is 117 Å². The van der Waals surface area contributed by atoms with Gasteiger partial charge < -0.3 is 42.6 Å². The van der Waals surface area contributed by atoms with E-state index in [1.165, 1.54) is 25.7 Å². The lowest BCUT2D eigenvalue weighted by Crippen LogP contribution is -2.15. The summed E-state index contributed by atoms with van der Waals surface area (Å²) in [7, 11) is 0. The summed E-state index contributed by atoms with van der Waals surface area (Å²) in [6.07, 6.45) is 8.21. The van der Waals surface area contributed by atoms with Gasteiger partial charge >= 0.3 is 5.97 Å². The van der Waals surface area contributed by atoms with Crippen molar-refractivity contribution in [1.82, 2.24) is 0 Å². The maximum atomic E-state index is 11.6. The smallest absolute Gasteiger partial charge is 0.305 e. The van der Waals surface area contributed by atoms with Crippen molar-refractivity contribution in [1.29, 1.82) is 0 Å². The van der Waals surface area contributed by atoms with Crippen LogP contribution < -0.4 is 4.74 Å². The third-order valence-electron chi connectivity index (χ3n) is 5.97. The molecule has 0 spiro atoms. The predicted octanol–water partition coefficient (Wildman–Crippen LogP) is 4.29. The first-order valence-corrected chi connectivity index (χ1v) is 15.6. The number of benzene rings is 1. The molecule has 0 amide bonds. The van der Waals surface area contributed by atoms with Crippen LogP contribution in [0.2, 0.25) is 0 Å². The third kappa shape index (κ3) is 27.2. The van der Waals surface area contributed by atoms with E-state index in [-0.39, 0.29) is 12.6 Å². The molecule has 0 heterocycles. The SMILES string of the molecule is CCCCCCCCC(=O)OCCOCCOCCOCCOCCOCCOCCOCCOc1ccc(C=O)cc1. The molecule has 248 valence electrons. The summed E-state index contributed by atoms with van der Waals surface area (Å²) in [5.41, 5.74) is 0.617. The number of hydrogen-bond acceptors (Lipinski definition) is 11. The summed E-state index contributed by atoms with van der Waals surface area (Å²) in [5.74, 6) is 0.558. The average molecular weight is 615 g/mol. The summed E-state index contributed by atoms with van der Waals surface area (Å²) in [6, 6.07) is 6.93. The van der Waals surface area contributed by atoms with Crippen LogP contribution in [0.25, 0.3) is 0 Å². The molecule has 43 heavy (non-hydrogen) atoms. The van der Waals surface area contributed by atoms with Gasteiger partial charge in [0.05, 0.1) is 92.5 Å². The third-order valence-corrected chi connectivity index (χ3v) is 5.97. The van der Waals surface area contributed by atoms with Crippen molar-refractivity contribution in [2.24, 2.45) is 0 Å². The highest BCUT2D eigenvalue weighted by Gasteiger charge is 2.02. The first-order chi connectivity index (χ1) is 21.3. The van der Waals surface area contributed by atoms with Crippen molar-refractivity contribution in [3.05, 3.63) is 29.8 Å². The van der Waals surface area contributed by atoms with Crippen LogP contribution in [0, 0.1) is 0 Å². The molecule has 0 aromatic heterocycles. The first kappa shape index (κ1) is 38.9. The van der Waals surface area contributed by atoms with E-state index >= 15 is 0 Å². The van der Waals surface area contributed by atoms with Gasteiger partial charge in [-0.15, -0.1) is 0 Å². The van der Waals surface area contributed by atoms with E-state index in [1.807, 2.05) is 0 Å².